The highest BCUT2D eigenvalue weighted by Crippen LogP contribution is 2.21. The summed E-state index contributed by atoms with van der Waals surface area (Å²) in [5, 5.41) is 2.91. The van der Waals surface area contributed by atoms with E-state index in [9.17, 15) is 4.79 Å². The highest BCUT2D eigenvalue weighted by molar-refractivity contribution is 5.94. The number of hydrogen-bond donors (Lipinski definition) is 1. The lowest BCUT2D eigenvalue weighted by Crippen LogP contribution is -2.30. The smallest absolute Gasteiger partial charge is 0.265 e. The van der Waals surface area contributed by atoms with E-state index in [1.54, 1.807) is 19.3 Å². The van der Waals surface area contributed by atoms with Crippen LogP contribution >= 0.6 is 0 Å². The van der Waals surface area contributed by atoms with Gasteiger partial charge in [0.1, 0.15) is 5.75 Å². The molecular weight excluding hydrogens is 336 g/mol. The van der Waals surface area contributed by atoms with E-state index in [1.165, 1.54) is 11.1 Å². The van der Waals surface area contributed by atoms with E-state index in [1.807, 2.05) is 68.4 Å². The number of carbonyl (C=O) groups excluding carboxylic acids is 1. The molecule has 0 saturated heterocycles. The minimum absolute atomic E-state index is 0.169. The van der Waals surface area contributed by atoms with Crippen molar-refractivity contribution in [2.24, 2.45) is 0 Å². The molecule has 27 heavy (non-hydrogen) atoms. The predicted octanol–water partition coefficient (Wildman–Crippen LogP) is 4.70. The molecule has 1 aromatic heterocycles. The maximum atomic E-state index is 12.4. The standard InChI is InChI=1S/C23H24N2O2/c1-16-4-5-17(2)22(14-16)27-18(3)23(26)25-21-8-6-19(7-9-21)15-20-10-12-24-13-11-20/h4-14,18H,15H2,1-3H3,(H,25,26). The van der Waals surface area contributed by atoms with Gasteiger partial charge in [-0.15, -0.1) is 0 Å². The van der Waals surface area contributed by atoms with Crippen LogP contribution in [0.25, 0.3) is 0 Å². The summed E-state index contributed by atoms with van der Waals surface area (Å²) in [7, 11) is 0. The Labute approximate surface area is 160 Å². The number of anilines is 1. The summed E-state index contributed by atoms with van der Waals surface area (Å²) in [6.45, 7) is 5.74. The Kier molecular flexibility index (Phi) is 5.87. The van der Waals surface area contributed by atoms with Crippen LogP contribution in [0.3, 0.4) is 0 Å². The second-order valence-electron chi connectivity index (χ2n) is 6.75. The maximum absolute atomic E-state index is 12.4. The molecule has 0 radical (unpaired) electrons. The van der Waals surface area contributed by atoms with Gasteiger partial charge in [-0.1, -0.05) is 24.3 Å². The number of benzene rings is 2. The molecule has 138 valence electrons. The van der Waals surface area contributed by atoms with Gasteiger partial charge in [-0.25, -0.2) is 0 Å². The van der Waals surface area contributed by atoms with Crippen LogP contribution in [0, 0.1) is 13.8 Å². The van der Waals surface area contributed by atoms with Gasteiger partial charge in [0.15, 0.2) is 6.10 Å². The van der Waals surface area contributed by atoms with Gasteiger partial charge in [-0.3, -0.25) is 9.78 Å². The van der Waals surface area contributed by atoms with Gasteiger partial charge in [-0.05, 0) is 79.8 Å². The zero-order valence-electron chi connectivity index (χ0n) is 15.9. The Morgan fingerprint density at radius 2 is 1.67 bits per heavy atom. The summed E-state index contributed by atoms with van der Waals surface area (Å²) < 4.78 is 5.84. The zero-order valence-corrected chi connectivity index (χ0v) is 15.9. The number of rotatable bonds is 6. The fraction of sp³-hybridized carbons (Fsp3) is 0.217. The molecule has 0 aliphatic rings. The van der Waals surface area contributed by atoms with Crippen LogP contribution in [0.2, 0.25) is 0 Å². The zero-order chi connectivity index (χ0) is 19.2. The van der Waals surface area contributed by atoms with Crippen LogP contribution < -0.4 is 10.1 Å². The first-order chi connectivity index (χ1) is 13.0. The van der Waals surface area contributed by atoms with Crippen molar-refractivity contribution in [1.29, 1.82) is 0 Å². The van der Waals surface area contributed by atoms with Gasteiger partial charge in [0.2, 0.25) is 0 Å². The number of nitrogens with zero attached hydrogens (tertiary/aromatic N) is 1. The molecule has 0 fully saturated rings. The molecule has 0 saturated carbocycles. The molecule has 0 spiro atoms. The van der Waals surface area contributed by atoms with Crippen molar-refractivity contribution in [2.75, 3.05) is 5.32 Å². The number of aromatic nitrogens is 1. The first-order valence-corrected chi connectivity index (χ1v) is 9.04. The molecular formula is C23H24N2O2. The highest BCUT2D eigenvalue weighted by atomic mass is 16.5. The molecule has 1 amide bonds. The van der Waals surface area contributed by atoms with Crippen molar-refractivity contribution in [3.05, 3.63) is 89.2 Å². The van der Waals surface area contributed by atoms with Gasteiger partial charge < -0.3 is 10.1 Å². The lowest BCUT2D eigenvalue weighted by Gasteiger charge is -2.17. The van der Waals surface area contributed by atoms with Crippen molar-refractivity contribution in [2.45, 2.75) is 33.3 Å². The lowest BCUT2D eigenvalue weighted by molar-refractivity contribution is -0.122. The highest BCUT2D eigenvalue weighted by Gasteiger charge is 2.16. The van der Waals surface area contributed by atoms with Crippen molar-refractivity contribution < 1.29 is 9.53 Å². The molecule has 1 atom stereocenters. The number of aryl methyl sites for hydroxylation is 2. The summed E-state index contributed by atoms with van der Waals surface area (Å²) in [5.74, 6) is 0.572. The van der Waals surface area contributed by atoms with Gasteiger partial charge in [-0.2, -0.15) is 0 Å². The molecule has 4 heteroatoms. The summed E-state index contributed by atoms with van der Waals surface area (Å²) >= 11 is 0. The molecule has 1 N–H and O–H groups in total. The molecule has 3 aromatic rings. The number of carbonyl (C=O) groups is 1. The second-order valence-corrected chi connectivity index (χ2v) is 6.75. The van der Waals surface area contributed by atoms with Crippen LogP contribution in [0.1, 0.15) is 29.2 Å². The maximum Gasteiger partial charge on any atom is 0.265 e. The second kappa shape index (κ2) is 8.49. The Hall–Kier alpha value is -3.14. The predicted molar refractivity (Wildman–Crippen MR) is 108 cm³/mol. The van der Waals surface area contributed by atoms with Crippen LogP contribution in [-0.4, -0.2) is 17.0 Å². The summed E-state index contributed by atoms with van der Waals surface area (Å²) in [6.07, 6.45) is 3.84. The minimum Gasteiger partial charge on any atom is -0.481 e. The number of pyridine rings is 1. The summed E-state index contributed by atoms with van der Waals surface area (Å²) in [4.78, 5) is 16.5. The topological polar surface area (TPSA) is 51.2 Å². The molecule has 0 aliphatic carbocycles. The van der Waals surface area contributed by atoms with E-state index in [0.29, 0.717) is 0 Å². The fourth-order valence-corrected chi connectivity index (χ4v) is 2.76. The van der Waals surface area contributed by atoms with Crippen molar-refractivity contribution in [3.63, 3.8) is 0 Å². The molecule has 2 aromatic carbocycles. The molecule has 4 nitrogen and oxygen atoms in total. The number of ether oxygens (including phenoxy) is 1. The molecule has 3 rings (SSSR count). The van der Waals surface area contributed by atoms with E-state index < -0.39 is 6.10 Å². The van der Waals surface area contributed by atoms with E-state index in [2.05, 4.69) is 10.3 Å². The third-order valence-corrected chi connectivity index (χ3v) is 4.40. The molecule has 0 aliphatic heterocycles. The van der Waals surface area contributed by atoms with Gasteiger partial charge in [0.25, 0.3) is 5.91 Å². The Morgan fingerprint density at radius 3 is 2.37 bits per heavy atom. The Bertz CT molecular complexity index is 905. The SMILES string of the molecule is Cc1ccc(C)c(OC(C)C(=O)Nc2ccc(Cc3ccncc3)cc2)c1. The third-order valence-electron chi connectivity index (χ3n) is 4.40. The van der Waals surface area contributed by atoms with Crippen molar-refractivity contribution in [3.8, 4) is 5.75 Å². The van der Waals surface area contributed by atoms with E-state index >= 15 is 0 Å². The first kappa shape index (κ1) is 18.6. The van der Waals surface area contributed by atoms with Crippen molar-refractivity contribution in [1.82, 2.24) is 4.98 Å². The fourth-order valence-electron chi connectivity index (χ4n) is 2.76. The number of nitrogens with one attached hydrogen (secondary N) is 1. The Morgan fingerprint density at radius 1 is 1.00 bits per heavy atom. The van der Waals surface area contributed by atoms with Gasteiger partial charge in [0, 0.05) is 18.1 Å². The van der Waals surface area contributed by atoms with E-state index in [0.717, 1.165) is 29.0 Å². The first-order valence-electron chi connectivity index (χ1n) is 9.04. The largest absolute Gasteiger partial charge is 0.481 e. The van der Waals surface area contributed by atoms with Crippen LogP contribution in [0.4, 0.5) is 5.69 Å². The van der Waals surface area contributed by atoms with Crippen LogP contribution in [-0.2, 0) is 11.2 Å². The van der Waals surface area contributed by atoms with E-state index in [-0.39, 0.29) is 5.91 Å². The normalized spacial score (nSPS) is 11.7. The average molecular weight is 360 g/mol. The average Bonchev–Trinajstić information content (AvgIpc) is 2.67. The number of hydrogen-bond acceptors (Lipinski definition) is 3. The summed E-state index contributed by atoms with van der Waals surface area (Å²) in [6, 6.07) is 17.9. The quantitative estimate of drug-likeness (QED) is 0.693. The van der Waals surface area contributed by atoms with Gasteiger partial charge >= 0.3 is 0 Å². The Balaban J connectivity index is 1.59. The monoisotopic (exact) mass is 360 g/mol. The third kappa shape index (κ3) is 5.17. The van der Waals surface area contributed by atoms with Crippen LogP contribution in [0.15, 0.2) is 67.0 Å². The van der Waals surface area contributed by atoms with Crippen LogP contribution in [0.5, 0.6) is 5.75 Å². The van der Waals surface area contributed by atoms with Crippen molar-refractivity contribution >= 4 is 11.6 Å². The lowest BCUT2D eigenvalue weighted by atomic mass is 10.1. The molecule has 1 unspecified atom stereocenters. The molecule has 1 heterocycles. The van der Waals surface area contributed by atoms with E-state index in [4.69, 9.17) is 4.74 Å². The minimum atomic E-state index is -0.581. The molecule has 0 bridgehead atoms. The number of amides is 1. The summed E-state index contributed by atoms with van der Waals surface area (Å²) in [5.41, 5.74) is 5.26. The van der Waals surface area contributed by atoms with Gasteiger partial charge in [0.05, 0.1) is 0 Å².